The van der Waals surface area contributed by atoms with E-state index >= 15 is 0 Å². The molecule has 68 valence electrons. The van der Waals surface area contributed by atoms with Gasteiger partial charge in [0.05, 0.1) is 0 Å². The first-order valence-electron chi connectivity index (χ1n) is 3.40. The summed E-state index contributed by atoms with van der Waals surface area (Å²) in [7, 11) is 0. The monoisotopic (exact) mass is 182 g/mol. The van der Waals surface area contributed by atoms with E-state index in [0.717, 1.165) is 0 Å². The molecule has 0 saturated heterocycles. The SMILES string of the molecule is NN=NNC(=O)c1ccc(F)cc1. The maximum atomic E-state index is 12.4. The van der Waals surface area contributed by atoms with Crippen LogP contribution in [0, 0.1) is 5.82 Å². The Morgan fingerprint density at radius 2 is 2.00 bits per heavy atom. The van der Waals surface area contributed by atoms with E-state index < -0.39 is 11.7 Å². The van der Waals surface area contributed by atoms with Gasteiger partial charge in [0.25, 0.3) is 5.91 Å². The molecule has 0 unspecified atom stereocenters. The van der Waals surface area contributed by atoms with Gasteiger partial charge in [0.2, 0.25) is 0 Å². The number of nitrogens with two attached hydrogens (primary N) is 1. The molecule has 0 aliphatic carbocycles. The summed E-state index contributed by atoms with van der Waals surface area (Å²) in [5.74, 6) is 3.77. The van der Waals surface area contributed by atoms with Gasteiger partial charge in [-0.05, 0) is 29.5 Å². The molecule has 0 bridgehead atoms. The molecule has 0 aliphatic rings. The van der Waals surface area contributed by atoms with Crippen LogP contribution in [0.4, 0.5) is 4.39 Å². The molecule has 0 radical (unpaired) electrons. The first kappa shape index (κ1) is 9.11. The van der Waals surface area contributed by atoms with Gasteiger partial charge in [-0.15, -0.1) is 0 Å². The van der Waals surface area contributed by atoms with Crippen LogP contribution in [0.3, 0.4) is 0 Å². The Hall–Kier alpha value is -1.98. The third-order valence-corrected chi connectivity index (χ3v) is 1.32. The van der Waals surface area contributed by atoms with Crippen molar-refractivity contribution in [1.29, 1.82) is 0 Å². The van der Waals surface area contributed by atoms with Crippen molar-refractivity contribution in [3.8, 4) is 0 Å². The first-order chi connectivity index (χ1) is 6.24. The number of nitrogens with one attached hydrogen (secondary N) is 1. The first-order valence-corrected chi connectivity index (χ1v) is 3.40. The van der Waals surface area contributed by atoms with E-state index in [0.29, 0.717) is 0 Å². The average Bonchev–Trinajstić information content (AvgIpc) is 2.15. The molecule has 0 spiro atoms. The molecule has 1 aromatic carbocycles. The molecule has 1 aromatic rings. The van der Waals surface area contributed by atoms with Crippen LogP contribution in [-0.4, -0.2) is 5.91 Å². The molecule has 1 rings (SSSR count). The third kappa shape index (κ3) is 2.51. The fraction of sp³-hybridized carbons (Fsp3) is 0. The predicted octanol–water partition coefficient (Wildman–Crippen LogP) is 0.796. The van der Waals surface area contributed by atoms with Crippen molar-refractivity contribution in [1.82, 2.24) is 5.43 Å². The van der Waals surface area contributed by atoms with Crippen molar-refractivity contribution >= 4 is 5.91 Å². The minimum absolute atomic E-state index is 0.286. The van der Waals surface area contributed by atoms with E-state index in [4.69, 9.17) is 0 Å². The van der Waals surface area contributed by atoms with Gasteiger partial charge in [-0.3, -0.25) is 4.79 Å². The number of rotatable bonds is 2. The second-order valence-corrected chi connectivity index (χ2v) is 2.16. The van der Waals surface area contributed by atoms with E-state index in [1.807, 2.05) is 5.43 Å². The zero-order valence-electron chi connectivity index (χ0n) is 6.57. The van der Waals surface area contributed by atoms with Gasteiger partial charge in [-0.2, -0.15) is 0 Å². The van der Waals surface area contributed by atoms with Gasteiger partial charge in [-0.25, -0.2) is 9.82 Å². The zero-order valence-corrected chi connectivity index (χ0v) is 6.57. The number of halogens is 1. The fourth-order valence-electron chi connectivity index (χ4n) is 0.740. The van der Waals surface area contributed by atoms with Crippen LogP contribution < -0.4 is 11.3 Å². The molecular weight excluding hydrogens is 175 g/mol. The van der Waals surface area contributed by atoms with Crippen LogP contribution in [0.5, 0.6) is 0 Å². The molecule has 1 amide bonds. The summed E-state index contributed by atoms with van der Waals surface area (Å²) in [6.45, 7) is 0. The Balaban J connectivity index is 2.72. The second kappa shape index (κ2) is 4.15. The minimum atomic E-state index is -0.491. The number of benzene rings is 1. The molecule has 0 atom stereocenters. The Labute approximate surface area is 73.4 Å². The Kier molecular flexibility index (Phi) is 2.91. The van der Waals surface area contributed by atoms with Gasteiger partial charge in [0, 0.05) is 5.56 Å². The van der Waals surface area contributed by atoms with Crippen LogP contribution in [0.25, 0.3) is 0 Å². The van der Waals surface area contributed by atoms with Crippen LogP contribution in [0.15, 0.2) is 34.7 Å². The molecule has 0 heterocycles. The summed E-state index contributed by atoms with van der Waals surface area (Å²) in [4.78, 5) is 11.1. The molecule has 0 aliphatic heterocycles. The number of hydrogen-bond donors (Lipinski definition) is 2. The number of hydrogen-bond acceptors (Lipinski definition) is 3. The lowest BCUT2D eigenvalue weighted by molar-refractivity contribution is 0.0951. The van der Waals surface area contributed by atoms with Gasteiger partial charge >= 0.3 is 0 Å². The summed E-state index contributed by atoms with van der Waals surface area (Å²) in [5, 5.41) is 5.92. The highest BCUT2D eigenvalue weighted by molar-refractivity contribution is 5.93. The van der Waals surface area contributed by atoms with E-state index in [-0.39, 0.29) is 5.56 Å². The lowest BCUT2D eigenvalue weighted by Crippen LogP contribution is -2.16. The maximum absolute atomic E-state index is 12.4. The van der Waals surface area contributed by atoms with Crippen molar-refractivity contribution in [3.05, 3.63) is 35.6 Å². The molecule has 13 heavy (non-hydrogen) atoms. The van der Waals surface area contributed by atoms with Crippen molar-refractivity contribution in [3.63, 3.8) is 0 Å². The van der Waals surface area contributed by atoms with Crippen LogP contribution in [0.1, 0.15) is 10.4 Å². The summed E-state index contributed by atoms with van der Waals surface area (Å²) < 4.78 is 12.4. The molecular formula is C7H7FN4O. The van der Waals surface area contributed by atoms with Gasteiger partial charge < -0.3 is 5.84 Å². The number of carbonyl (C=O) groups is 1. The van der Waals surface area contributed by atoms with Crippen molar-refractivity contribution in [2.75, 3.05) is 0 Å². The summed E-state index contributed by atoms with van der Waals surface area (Å²) in [5.41, 5.74) is 2.33. The summed E-state index contributed by atoms with van der Waals surface area (Å²) >= 11 is 0. The molecule has 5 nitrogen and oxygen atoms in total. The van der Waals surface area contributed by atoms with Crippen molar-refractivity contribution in [2.45, 2.75) is 0 Å². The molecule has 0 saturated carbocycles. The van der Waals surface area contributed by atoms with Crippen LogP contribution >= 0.6 is 0 Å². The maximum Gasteiger partial charge on any atom is 0.272 e. The standard InChI is InChI=1S/C7H7FN4O/c8-6-3-1-5(2-4-6)7(13)10-12-11-9/h1-4H,(H2,9,12)(H,10,11,13). The topological polar surface area (TPSA) is 79.8 Å². The predicted molar refractivity (Wildman–Crippen MR) is 42.9 cm³/mol. The number of carbonyl (C=O) groups excluding carboxylic acids is 1. The molecule has 0 aromatic heterocycles. The second-order valence-electron chi connectivity index (χ2n) is 2.16. The lowest BCUT2D eigenvalue weighted by Gasteiger charge is -1.96. The Morgan fingerprint density at radius 3 is 2.54 bits per heavy atom. The molecule has 3 N–H and O–H groups in total. The average molecular weight is 182 g/mol. The van der Waals surface area contributed by atoms with Gasteiger partial charge in [-0.1, -0.05) is 5.22 Å². The highest BCUT2D eigenvalue weighted by Gasteiger charge is 2.03. The van der Waals surface area contributed by atoms with Crippen LogP contribution in [-0.2, 0) is 0 Å². The number of nitrogens with zero attached hydrogens (tertiary/aromatic N) is 2. The van der Waals surface area contributed by atoms with E-state index in [1.165, 1.54) is 24.3 Å². The number of amides is 1. The highest BCUT2D eigenvalue weighted by Crippen LogP contribution is 2.01. The summed E-state index contributed by atoms with van der Waals surface area (Å²) in [6, 6.07) is 5.01. The van der Waals surface area contributed by atoms with Gasteiger partial charge in [0.1, 0.15) is 5.82 Å². The van der Waals surface area contributed by atoms with E-state index in [9.17, 15) is 9.18 Å². The molecule has 0 fully saturated rings. The summed E-state index contributed by atoms with van der Waals surface area (Å²) in [6.07, 6.45) is 0. The van der Waals surface area contributed by atoms with Crippen molar-refractivity contribution in [2.24, 2.45) is 16.3 Å². The van der Waals surface area contributed by atoms with Gasteiger partial charge in [0.15, 0.2) is 0 Å². The Bertz CT molecular complexity index is 322. The largest absolute Gasteiger partial charge is 0.303 e. The fourth-order valence-corrected chi connectivity index (χ4v) is 0.740. The highest BCUT2D eigenvalue weighted by atomic mass is 19.1. The Morgan fingerprint density at radius 1 is 1.38 bits per heavy atom. The van der Waals surface area contributed by atoms with E-state index in [2.05, 4.69) is 16.3 Å². The van der Waals surface area contributed by atoms with E-state index in [1.54, 1.807) is 0 Å². The zero-order chi connectivity index (χ0) is 9.68. The third-order valence-electron chi connectivity index (χ3n) is 1.32. The van der Waals surface area contributed by atoms with Crippen LogP contribution in [0.2, 0.25) is 0 Å². The molecule has 6 heteroatoms. The minimum Gasteiger partial charge on any atom is -0.303 e. The lowest BCUT2D eigenvalue weighted by atomic mass is 10.2. The normalized spacial score (nSPS) is 10.2. The van der Waals surface area contributed by atoms with Crippen molar-refractivity contribution < 1.29 is 9.18 Å². The quantitative estimate of drug-likeness (QED) is 0.403. The smallest absolute Gasteiger partial charge is 0.272 e.